The highest BCUT2D eigenvalue weighted by Crippen LogP contribution is 2.11. The van der Waals surface area contributed by atoms with Crippen molar-refractivity contribution in [1.82, 2.24) is 5.32 Å². The molecule has 0 amide bonds. The Balaban J connectivity index is 2.85. The Morgan fingerprint density at radius 2 is 2.33 bits per heavy atom. The number of rotatable bonds is 3. The van der Waals surface area contributed by atoms with Crippen molar-refractivity contribution in [2.24, 2.45) is 5.73 Å². The second kappa shape index (κ2) is 4.18. The standard InChI is InChI=1S/C9H13FN2/c1-12-9(6-11)7-3-2-4-8(10)5-7/h2-5,9,12H,6,11H2,1H3/t9-/m1/s1. The lowest BCUT2D eigenvalue weighted by atomic mass is 10.1. The van der Waals surface area contributed by atoms with Gasteiger partial charge in [-0.3, -0.25) is 0 Å². The van der Waals surface area contributed by atoms with Crippen molar-refractivity contribution in [3.8, 4) is 0 Å². The quantitative estimate of drug-likeness (QED) is 0.707. The average Bonchev–Trinajstić information content (AvgIpc) is 2.07. The minimum atomic E-state index is -0.221. The third-order valence-corrected chi connectivity index (χ3v) is 1.84. The van der Waals surface area contributed by atoms with Gasteiger partial charge in [-0.05, 0) is 24.7 Å². The minimum Gasteiger partial charge on any atom is -0.329 e. The van der Waals surface area contributed by atoms with Gasteiger partial charge < -0.3 is 11.1 Å². The molecule has 0 heterocycles. The van der Waals surface area contributed by atoms with Gasteiger partial charge in [0.15, 0.2) is 0 Å². The predicted octanol–water partition coefficient (Wildman–Crippen LogP) is 1.04. The maximum atomic E-state index is 12.7. The highest BCUT2D eigenvalue weighted by molar-refractivity contribution is 5.20. The molecule has 0 radical (unpaired) electrons. The number of benzene rings is 1. The van der Waals surface area contributed by atoms with E-state index < -0.39 is 0 Å². The second-order valence-corrected chi connectivity index (χ2v) is 2.63. The lowest BCUT2D eigenvalue weighted by Gasteiger charge is -2.13. The van der Waals surface area contributed by atoms with Crippen LogP contribution in [0.5, 0.6) is 0 Å². The fourth-order valence-corrected chi connectivity index (χ4v) is 1.14. The summed E-state index contributed by atoms with van der Waals surface area (Å²) >= 11 is 0. The third kappa shape index (κ3) is 2.03. The molecule has 0 saturated heterocycles. The predicted molar refractivity (Wildman–Crippen MR) is 47.3 cm³/mol. The Bertz CT molecular complexity index is 246. The summed E-state index contributed by atoms with van der Waals surface area (Å²) in [5.41, 5.74) is 6.37. The Morgan fingerprint density at radius 3 is 2.83 bits per heavy atom. The number of hydrogen-bond donors (Lipinski definition) is 2. The van der Waals surface area contributed by atoms with Gasteiger partial charge in [-0.2, -0.15) is 0 Å². The largest absolute Gasteiger partial charge is 0.329 e. The summed E-state index contributed by atoms with van der Waals surface area (Å²) in [7, 11) is 1.81. The van der Waals surface area contributed by atoms with Crippen LogP contribution in [0, 0.1) is 5.82 Å². The van der Waals surface area contributed by atoms with Gasteiger partial charge in [-0.15, -0.1) is 0 Å². The van der Waals surface area contributed by atoms with E-state index in [1.165, 1.54) is 12.1 Å². The zero-order valence-electron chi connectivity index (χ0n) is 7.05. The zero-order valence-corrected chi connectivity index (χ0v) is 7.05. The average molecular weight is 168 g/mol. The van der Waals surface area contributed by atoms with Crippen molar-refractivity contribution in [3.63, 3.8) is 0 Å². The van der Waals surface area contributed by atoms with Crippen molar-refractivity contribution in [2.45, 2.75) is 6.04 Å². The Morgan fingerprint density at radius 1 is 1.58 bits per heavy atom. The van der Waals surface area contributed by atoms with Crippen LogP contribution < -0.4 is 11.1 Å². The van der Waals surface area contributed by atoms with E-state index in [2.05, 4.69) is 5.32 Å². The van der Waals surface area contributed by atoms with E-state index >= 15 is 0 Å². The van der Waals surface area contributed by atoms with Crippen molar-refractivity contribution in [1.29, 1.82) is 0 Å². The highest BCUT2D eigenvalue weighted by Gasteiger charge is 2.06. The van der Waals surface area contributed by atoms with Crippen LogP contribution in [-0.2, 0) is 0 Å². The highest BCUT2D eigenvalue weighted by atomic mass is 19.1. The number of nitrogens with two attached hydrogens (primary N) is 1. The van der Waals surface area contributed by atoms with Crippen molar-refractivity contribution in [3.05, 3.63) is 35.6 Å². The normalized spacial score (nSPS) is 12.9. The van der Waals surface area contributed by atoms with Crippen LogP contribution in [0.2, 0.25) is 0 Å². The first kappa shape index (κ1) is 9.16. The number of nitrogens with one attached hydrogen (secondary N) is 1. The zero-order chi connectivity index (χ0) is 8.97. The fraction of sp³-hybridized carbons (Fsp3) is 0.333. The van der Waals surface area contributed by atoms with Gasteiger partial charge >= 0.3 is 0 Å². The van der Waals surface area contributed by atoms with Crippen LogP contribution in [0.25, 0.3) is 0 Å². The summed E-state index contributed by atoms with van der Waals surface area (Å²) in [4.78, 5) is 0. The van der Waals surface area contributed by atoms with Crippen molar-refractivity contribution in [2.75, 3.05) is 13.6 Å². The SMILES string of the molecule is CN[C@H](CN)c1cccc(F)c1. The molecular weight excluding hydrogens is 155 g/mol. The molecule has 3 heteroatoms. The van der Waals surface area contributed by atoms with E-state index in [-0.39, 0.29) is 11.9 Å². The summed E-state index contributed by atoms with van der Waals surface area (Å²) in [6.45, 7) is 0.472. The fourth-order valence-electron chi connectivity index (χ4n) is 1.14. The smallest absolute Gasteiger partial charge is 0.123 e. The van der Waals surface area contributed by atoms with Gasteiger partial charge in [-0.25, -0.2) is 4.39 Å². The van der Waals surface area contributed by atoms with Gasteiger partial charge in [0.2, 0.25) is 0 Å². The van der Waals surface area contributed by atoms with Crippen LogP contribution in [0.4, 0.5) is 4.39 Å². The first-order valence-electron chi connectivity index (χ1n) is 3.90. The molecule has 0 unspecified atom stereocenters. The number of likely N-dealkylation sites (N-methyl/N-ethyl adjacent to an activating group) is 1. The van der Waals surface area contributed by atoms with E-state index in [1.54, 1.807) is 6.07 Å². The summed E-state index contributed by atoms with van der Waals surface area (Å²) < 4.78 is 12.7. The molecule has 2 nitrogen and oxygen atoms in total. The summed E-state index contributed by atoms with van der Waals surface area (Å²) in [5, 5.41) is 3.00. The molecule has 0 aliphatic carbocycles. The molecule has 0 spiro atoms. The maximum absolute atomic E-state index is 12.7. The van der Waals surface area contributed by atoms with E-state index in [1.807, 2.05) is 13.1 Å². The lowest BCUT2D eigenvalue weighted by Crippen LogP contribution is -2.24. The lowest BCUT2D eigenvalue weighted by molar-refractivity contribution is 0.587. The van der Waals surface area contributed by atoms with Gasteiger partial charge in [-0.1, -0.05) is 12.1 Å². The Kier molecular flexibility index (Phi) is 3.19. The molecule has 1 aromatic carbocycles. The molecule has 0 aliphatic rings. The monoisotopic (exact) mass is 168 g/mol. The number of halogens is 1. The van der Waals surface area contributed by atoms with Crippen molar-refractivity contribution < 1.29 is 4.39 Å². The Hall–Kier alpha value is -0.930. The second-order valence-electron chi connectivity index (χ2n) is 2.63. The Labute approximate surface area is 71.6 Å². The van der Waals surface area contributed by atoms with Crippen LogP contribution >= 0.6 is 0 Å². The molecule has 1 rings (SSSR count). The molecular formula is C9H13FN2. The molecule has 66 valence electrons. The third-order valence-electron chi connectivity index (χ3n) is 1.84. The number of hydrogen-bond acceptors (Lipinski definition) is 2. The first-order valence-corrected chi connectivity index (χ1v) is 3.90. The van der Waals surface area contributed by atoms with Gasteiger partial charge in [0, 0.05) is 12.6 Å². The first-order chi connectivity index (χ1) is 5.77. The molecule has 0 fully saturated rings. The molecule has 0 saturated carbocycles. The molecule has 0 bridgehead atoms. The van der Waals surface area contributed by atoms with Crippen LogP contribution in [-0.4, -0.2) is 13.6 Å². The molecule has 1 atom stereocenters. The van der Waals surface area contributed by atoms with Crippen molar-refractivity contribution >= 4 is 0 Å². The summed E-state index contributed by atoms with van der Waals surface area (Å²) in [6.07, 6.45) is 0. The topological polar surface area (TPSA) is 38.0 Å². The maximum Gasteiger partial charge on any atom is 0.123 e. The molecule has 0 aliphatic heterocycles. The van der Waals surface area contributed by atoms with E-state index in [0.717, 1.165) is 5.56 Å². The molecule has 1 aromatic rings. The van der Waals surface area contributed by atoms with Gasteiger partial charge in [0.05, 0.1) is 0 Å². The van der Waals surface area contributed by atoms with E-state index in [4.69, 9.17) is 5.73 Å². The molecule has 12 heavy (non-hydrogen) atoms. The van der Waals surface area contributed by atoms with Crippen LogP contribution in [0.3, 0.4) is 0 Å². The summed E-state index contributed by atoms with van der Waals surface area (Å²) in [5.74, 6) is -0.221. The van der Waals surface area contributed by atoms with E-state index in [9.17, 15) is 4.39 Å². The van der Waals surface area contributed by atoms with Crippen LogP contribution in [0.1, 0.15) is 11.6 Å². The molecule has 0 aromatic heterocycles. The van der Waals surface area contributed by atoms with E-state index in [0.29, 0.717) is 6.54 Å². The molecule has 3 N–H and O–H groups in total. The minimum absolute atomic E-state index is 0.0423. The van der Waals surface area contributed by atoms with Crippen LogP contribution in [0.15, 0.2) is 24.3 Å². The van der Waals surface area contributed by atoms with Gasteiger partial charge in [0.25, 0.3) is 0 Å². The van der Waals surface area contributed by atoms with Gasteiger partial charge in [0.1, 0.15) is 5.82 Å². The summed E-state index contributed by atoms with van der Waals surface area (Å²) in [6, 6.07) is 6.50.